The monoisotopic (exact) mass is 490 g/mol. The molecule has 3 N–H and O–H groups in total. The highest BCUT2D eigenvalue weighted by Crippen LogP contribution is 2.30. The summed E-state index contributed by atoms with van der Waals surface area (Å²) in [7, 11) is 3.46. The smallest absolute Gasteiger partial charge is 0.407 e. The number of benzene rings is 1. The zero-order chi connectivity index (χ0) is 25.0. The molecule has 0 spiro atoms. The molecule has 2 heterocycles. The van der Waals surface area contributed by atoms with Crippen LogP contribution in [0.5, 0.6) is 0 Å². The van der Waals surface area contributed by atoms with E-state index in [1.165, 1.54) is 17.5 Å². The number of carboxylic acid groups (broad SMARTS) is 1. The summed E-state index contributed by atoms with van der Waals surface area (Å²) < 4.78 is 11.4. The van der Waals surface area contributed by atoms with Gasteiger partial charge in [-0.1, -0.05) is 24.3 Å². The molecule has 2 aliphatic rings. The Bertz CT molecular complexity index is 802. The van der Waals surface area contributed by atoms with Crippen LogP contribution in [0, 0.1) is 5.92 Å². The molecule has 9 nitrogen and oxygen atoms in total. The van der Waals surface area contributed by atoms with Gasteiger partial charge >= 0.3 is 12.1 Å². The Morgan fingerprint density at radius 1 is 1.29 bits per heavy atom. The molecule has 0 bridgehead atoms. The number of hydrogen-bond donors (Lipinski definition) is 3. The van der Waals surface area contributed by atoms with Crippen LogP contribution in [0.25, 0.3) is 0 Å². The maximum absolute atomic E-state index is 13.2. The third kappa shape index (κ3) is 8.66. The second-order valence-corrected chi connectivity index (χ2v) is 9.76. The maximum Gasteiger partial charge on any atom is 0.407 e. The van der Waals surface area contributed by atoms with Gasteiger partial charge < -0.3 is 35.0 Å². The number of likely N-dealkylation sites (N-methyl/N-ethyl adjacent to an activating group) is 2. The third-order valence-corrected chi connectivity index (χ3v) is 7.01. The van der Waals surface area contributed by atoms with E-state index in [9.17, 15) is 9.59 Å². The fourth-order valence-electron chi connectivity index (χ4n) is 5.06. The van der Waals surface area contributed by atoms with Crippen molar-refractivity contribution >= 4 is 12.1 Å². The van der Waals surface area contributed by atoms with E-state index < -0.39 is 6.09 Å². The lowest BCUT2D eigenvalue weighted by Gasteiger charge is -2.35. The van der Waals surface area contributed by atoms with Crippen LogP contribution in [-0.2, 0) is 16.1 Å². The van der Waals surface area contributed by atoms with E-state index in [-0.39, 0.29) is 18.0 Å². The van der Waals surface area contributed by atoms with Gasteiger partial charge in [0.25, 0.3) is 0 Å². The van der Waals surface area contributed by atoms with Gasteiger partial charge in [-0.25, -0.2) is 9.59 Å². The normalized spacial score (nSPS) is 21.4. The van der Waals surface area contributed by atoms with Crippen LogP contribution in [0.1, 0.15) is 49.1 Å². The number of nitrogens with zero attached hydrogens (tertiary/aromatic N) is 2. The third-order valence-electron chi connectivity index (χ3n) is 7.01. The Labute approximate surface area is 209 Å². The number of ether oxygens (including phenoxy) is 2. The number of piperidine rings is 1. The van der Waals surface area contributed by atoms with Crippen LogP contribution in [0.4, 0.5) is 9.59 Å². The number of carbonyl (C=O) groups is 2. The molecule has 0 aliphatic carbocycles. The number of hydrogen-bond acceptors (Lipinski definition) is 5. The molecular weight excluding hydrogens is 448 g/mol. The van der Waals surface area contributed by atoms with Gasteiger partial charge in [0, 0.05) is 58.4 Å². The molecule has 2 fully saturated rings. The summed E-state index contributed by atoms with van der Waals surface area (Å²) in [6, 6.07) is 8.31. The van der Waals surface area contributed by atoms with Gasteiger partial charge in [0.05, 0.1) is 13.2 Å². The van der Waals surface area contributed by atoms with Crippen molar-refractivity contribution in [2.45, 2.75) is 50.7 Å². The van der Waals surface area contributed by atoms with Crippen molar-refractivity contribution in [3.63, 3.8) is 0 Å². The lowest BCUT2D eigenvalue weighted by Crippen LogP contribution is -2.51. The fourth-order valence-corrected chi connectivity index (χ4v) is 5.06. The summed E-state index contributed by atoms with van der Waals surface area (Å²) in [6.07, 6.45) is 4.22. The van der Waals surface area contributed by atoms with Gasteiger partial charge in [0.15, 0.2) is 0 Å². The molecule has 1 aromatic rings. The van der Waals surface area contributed by atoms with Gasteiger partial charge in [-0.15, -0.1) is 0 Å². The van der Waals surface area contributed by atoms with Crippen LogP contribution in [0.15, 0.2) is 24.3 Å². The average molecular weight is 491 g/mol. The highest BCUT2D eigenvalue weighted by Gasteiger charge is 2.28. The van der Waals surface area contributed by atoms with Crippen LogP contribution in [0.3, 0.4) is 0 Å². The highest BCUT2D eigenvalue weighted by molar-refractivity contribution is 5.74. The lowest BCUT2D eigenvalue weighted by atomic mass is 9.88. The Morgan fingerprint density at radius 3 is 2.86 bits per heavy atom. The summed E-state index contributed by atoms with van der Waals surface area (Å²) in [5.74, 6) is 0.754. The van der Waals surface area contributed by atoms with E-state index in [4.69, 9.17) is 14.6 Å². The number of urea groups is 1. The largest absolute Gasteiger partial charge is 0.465 e. The first-order valence-corrected chi connectivity index (χ1v) is 12.8. The summed E-state index contributed by atoms with van der Waals surface area (Å²) >= 11 is 0. The quantitative estimate of drug-likeness (QED) is 0.412. The topological polar surface area (TPSA) is 103 Å². The van der Waals surface area contributed by atoms with Gasteiger partial charge in [0.2, 0.25) is 0 Å². The number of carbonyl (C=O) groups excluding carboxylic acids is 1. The molecule has 2 aliphatic heterocycles. The minimum atomic E-state index is -0.960. The first-order chi connectivity index (χ1) is 17.0. The fraction of sp³-hybridized carbons (Fsp3) is 0.692. The minimum Gasteiger partial charge on any atom is -0.465 e. The Balaban J connectivity index is 1.55. The van der Waals surface area contributed by atoms with E-state index in [1.54, 1.807) is 0 Å². The molecule has 3 amide bonds. The van der Waals surface area contributed by atoms with Crippen LogP contribution in [0.2, 0.25) is 0 Å². The molecule has 2 saturated heterocycles. The predicted octanol–water partition coefficient (Wildman–Crippen LogP) is 3.11. The standard InChI is InChI=1S/C26H42N4O5/c1-27-16-23(15-20-7-6-13-34-18-20)28-25(31)30-11-5-9-21(17-30)24-10-4-3-8-22(24)19-35-14-12-29(2)26(32)33/h3-4,8,10,20-21,23,27H,5-7,9,11-19H2,1-2H3,(H,28,31)(H,32,33)/t20-,21+,23+/m1/s1. The average Bonchev–Trinajstić information content (AvgIpc) is 2.87. The summed E-state index contributed by atoms with van der Waals surface area (Å²) in [6.45, 7) is 4.93. The predicted molar refractivity (Wildman–Crippen MR) is 135 cm³/mol. The SMILES string of the molecule is CNC[C@H](C[C@H]1CCCOC1)NC(=O)N1CCC[C@H](c2ccccc2COCCN(C)C(=O)O)C1. The molecule has 3 atom stereocenters. The minimum absolute atomic E-state index is 0.0112. The van der Waals surface area contributed by atoms with Crippen molar-refractivity contribution in [3.8, 4) is 0 Å². The molecular formula is C26H42N4O5. The number of likely N-dealkylation sites (tertiary alicyclic amines) is 1. The zero-order valence-corrected chi connectivity index (χ0v) is 21.2. The van der Waals surface area contributed by atoms with E-state index in [1.807, 2.05) is 24.1 Å². The van der Waals surface area contributed by atoms with Gasteiger partial charge in [-0.05, 0) is 56.2 Å². The molecule has 196 valence electrons. The first kappa shape index (κ1) is 27.2. The van der Waals surface area contributed by atoms with Gasteiger partial charge in [0.1, 0.15) is 0 Å². The summed E-state index contributed by atoms with van der Waals surface area (Å²) in [4.78, 5) is 27.3. The van der Waals surface area contributed by atoms with E-state index in [2.05, 4.69) is 22.8 Å². The first-order valence-electron chi connectivity index (χ1n) is 12.8. The van der Waals surface area contributed by atoms with Gasteiger partial charge in [-0.2, -0.15) is 0 Å². The molecule has 0 aromatic heterocycles. The highest BCUT2D eigenvalue weighted by atomic mass is 16.5. The number of amides is 3. The Hall–Kier alpha value is -2.36. The van der Waals surface area contributed by atoms with Crippen molar-refractivity contribution in [1.29, 1.82) is 0 Å². The zero-order valence-electron chi connectivity index (χ0n) is 21.2. The number of rotatable bonds is 11. The van der Waals surface area contributed by atoms with E-state index in [0.717, 1.165) is 64.0 Å². The van der Waals surface area contributed by atoms with Crippen LogP contribution < -0.4 is 10.6 Å². The van der Waals surface area contributed by atoms with Crippen molar-refractivity contribution in [1.82, 2.24) is 20.4 Å². The van der Waals surface area contributed by atoms with Crippen molar-refractivity contribution in [3.05, 3.63) is 35.4 Å². The van der Waals surface area contributed by atoms with Crippen molar-refractivity contribution < 1.29 is 24.2 Å². The second-order valence-electron chi connectivity index (χ2n) is 9.76. The van der Waals surface area contributed by atoms with E-state index >= 15 is 0 Å². The maximum atomic E-state index is 13.2. The molecule has 0 unspecified atom stereocenters. The Kier molecular flexibility index (Phi) is 11.1. The van der Waals surface area contributed by atoms with E-state index in [0.29, 0.717) is 32.2 Å². The molecule has 0 radical (unpaired) electrons. The molecule has 9 heteroatoms. The van der Waals surface area contributed by atoms with Crippen molar-refractivity contribution in [2.75, 3.05) is 60.1 Å². The molecule has 0 saturated carbocycles. The Morgan fingerprint density at radius 2 is 2.11 bits per heavy atom. The lowest BCUT2D eigenvalue weighted by molar-refractivity contribution is 0.0476. The summed E-state index contributed by atoms with van der Waals surface area (Å²) in [5, 5.41) is 15.5. The van der Waals surface area contributed by atoms with Gasteiger partial charge in [-0.3, -0.25) is 0 Å². The second kappa shape index (κ2) is 14.3. The molecule has 35 heavy (non-hydrogen) atoms. The summed E-state index contributed by atoms with van der Waals surface area (Å²) in [5.41, 5.74) is 2.31. The van der Waals surface area contributed by atoms with Crippen LogP contribution in [-0.4, -0.2) is 93.2 Å². The van der Waals surface area contributed by atoms with Crippen molar-refractivity contribution in [2.24, 2.45) is 5.92 Å². The van der Waals surface area contributed by atoms with Crippen LogP contribution >= 0.6 is 0 Å². The number of nitrogens with one attached hydrogen (secondary N) is 2. The molecule has 1 aromatic carbocycles. The molecule has 3 rings (SSSR count).